The number of hydrogen-bond acceptors (Lipinski definition) is 4. The van der Waals surface area contributed by atoms with Crippen LogP contribution in [0.2, 0.25) is 5.02 Å². The molecule has 2 unspecified atom stereocenters. The first kappa shape index (κ1) is 22.2. The van der Waals surface area contributed by atoms with Gasteiger partial charge in [0.15, 0.2) is 0 Å². The first-order chi connectivity index (χ1) is 13.1. The molecule has 1 heterocycles. The van der Waals surface area contributed by atoms with Crippen molar-refractivity contribution in [1.29, 1.82) is 0 Å². The van der Waals surface area contributed by atoms with Gasteiger partial charge >= 0.3 is 5.97 Å². The third kappa shape index (κ3) is 5.71. The lowest BCUT2D eigenvalue weighted by Gasteiger charge is -2.36. The number of amides is 2. The largest absolute Gasteiger partial charge is 0.469 e. The van der Waals surface area contributed by atoms with Crippen molar-refractivity contribution in [1.82, 2.24) is 10.2 Å². The Morgan fingerprint density at radius 1 is 1.29 bits per heavy atom. The second-order valence-electron chi connectivity index (χ2n) is 8.20. The standard InChI is InChI=1S/C21H29ClN2O4/c1-21(2,3)20(27)24-11-7-8-14(13-24)19(26)23-17(12-18(25)28-4)15-9-5-6-10-16(15)22/h5-6,9-10,14,17H,7-8,11-13H2,1-4H3,(H,23,26). The molecule has 1 aromatic rings. The lowest BCUT2D eigenvalue weighted by molar-refractivity contribution is -0.143. The van der Waals surface area contributed by atoms with E-state index in [1.807, 2.05) is 26.8 Å². The topological polar surface area (TPSA) is 75.7 Å². The molecule has 0 radical (unpaired) electrons. The van der Waals surface area contributed by atoms with E-state index in [1.165, 1.54) is 7.11 Å². The minimum absolute atomic E-state index is 0.0106. The third-order valence-electron chi connectivity index (χ3n) is 4.92. The Bertz CT molecular complexity index is 729. The maximum absolute atomic E-state index is 12.9. The van der Waals surface area contributed by atoms with Gasteiger partial charge in [0.05, 0.1) is 25.5 Å². The monoisotopic (exact) mass is 408 g/mol. The Labute approximate surface area is 171 Å². The quantitative estimate of drug-likeness (QED) is 0.758. The Kier molecular flexibility index (Phi) is 7.47. The van der Waals surface area contributed by atoms with Crippen LogP contribution in [-0.2, 0) is 19.1 Å². The smallest absolute Gasteiger partial charge is 0.307 e. The highest BCUT2D eigenvalue weighted by atomic mass is 35.5. The molecule has 28 heavy (non-hydrogen) atoms. The zero-order valence-corrected chi connectivity index (χ0v) is 17.7. The molecule has 1 aliphatic rings. The molecule has 1 saturated heterocycles. The van der Waals surface area contributed by atoms with Crippen LogP contribution in [0.3, 0.4) is 0 Å². The van der Waals surface area contributed by atoms with Gasteiger partial charge in [0.2, 0.25) is 11.8 Å². The molecule has 6 nitrogen and oxygen atoms in total. The van der Waals surface area contributed by atoms with Crippen LogP contribution in [-0.4, -0.2) is 42.9 Å². The number of hydrogen-bond donors (Lipinski definition) is 1. The van der Waals surface area contributed by atoms with Gasteiger partial charge in [0.25, 0.3) is 0 Å². The van der Waals surface area contributed by atoms with E-state index in [0.29, 0.717) is 30.1 Å². The average Bonchev–Trinajstić information content (AvgIpc) is 2.66. The van der Waals surface area contributed by atoms with Crippen LogP contribution in [0.15, 0.2) is 24.3 Å². The SMILES string of the molecule is COC(=O)CC(NC(=O)C1CCCN(C(=O)C(C)(C)C)C1)c1ccccc1Cl. The summed E-state index contributed by atoms with van der Waals surface area (Å²) >= 11 is 6.27. The van der Waals surface area contributed by atoms with E-state index in [-0.39, 0.29) is 24.2 Å². The van der Waals surface area contributed by atoms with E-state index in [4.69, 9.17) is 16.3 Å². The highest BCUT2D eigenvalue weighted by Crippen LogP contribution is 2.28. The van der Waals surface area contributed by atoms with E-state index in [9.17, 15) is 14.4 Å². The molecule has 2 rings (SSSR count). The summed E-state index contributed by atoms with van der Waals surface area (Å²) in [5, 5.41) is 3.42. The fourth-order valence-corrected chi connectivity index (χ4v) is 3.65. The number of benzene rings is 1. The van der Waals surface area contributed by atoms with Crippen LogP contribution in [0, 0.1) is 11.3 Å². The molecule has 0 aliphatic carbocycles. The average molecular weight is 409 g/mol. The summed E-state index contributed by atoms with van der Waals surface area (Å²) in [6.07, 6.45) is 1.46. The molecule has 154 valence electrons. The number of rotatable bonds is 5. The number of piperidine rings is 1. The Morgan fingerprint density at radius 3 is 2.57 bits per heavy atom. The minimum atomic E-state index is -0.581. The van der Waals surface area contributed by atoms with E-state index in [1.54, 1.807) is 23.1 Å². The van der Waals surface area contributed by atoms with E-state index >= 15 is 0 Å². The van der Waals surface area contributed by atoms with Crippen LogP contribution >= 0.6 is 11.6 Å². The second-order valence-corrected chi connectivity index (χ2v) is 8.61. The maximum atomic E-state index is 12.9. The molecule has 1 aliphatic heterocycles. The number of nitrogens with one attached hydrogen (secondary N) is 1. The lowest BCUT2D eigenvalue weighted by atomic mass is 9.90. The van der Waals surface area contributed by atoms with Crippen LogP contribution in [0.4, 0.5) is 0 Å². The van der Waals surface area contributed by atoms with Gasteiger partial charge in [-0.1, -0.05) is 50.6 Å². The molecule has 0 saturated carbocycles. The summed E-state index contributed by atoms with van der Waals surface area (Å²) in [6, 6.07) is 6.52. The predicted octanol–water partition coefficient (Wildman–Crippen LogP) is 3.35. The summed E-state index contributed by atoms with van der Waals surface area (Å²) in [6.45, 7) is 6.68. The highest BCUT2D eigenvalue weighted by Gasteiger charge is 2.34. The fourth-order valence-electron chi connectivity index (χ4n) is 3.39. The Balaban J connectivity index is 2.13. The van der Waals surface area contributed by atoms with Crippen LogP contribution in [0.5, 0.6) is 0 Å². The zero-order chi connectivity index (χ0) is 20.9. The van der Waals surface area contributed by atoms with E-state index < -0.39 is 17.4 Å². The predicted molar refractivity (Wildman–Crippen MR) is 108 cm³/mol. The molecular formula is C21H29ClN2O4. The van der Waals surface area contributed by atoms with Gasteiger partial charge in [-0.2, -0.15) is 0 Å². The van der Waals surface area contributed by atoms with Gasteiger partial charge in [-0.05, 0) is 24.5 Å². The number of esters is 1. The molecular weight excluding hydrogens is 380 g/mol. The molecule has 0 spiro atoms. The highest BCUT2D eigenvalue weighted by molar-refractivity contribution is 6.31. The van der Waals surface area contributed by atoms with Gasteiger partial charge in [-0.15, -0.1) is 0 Å². The van der Waals surface area contributed by atoms with Crippen LogP contribution in [0.25, 0.3) is 0 Å². The molecule has 2 atom stereocenters. The molecule has 1 aromatic carbocycles. The second kappa shape index (κ2) is 9.41. The summed E-state index contributed by atoms with van der Waals surface area (Å²) in [7, 11) is 1.31. The van der Waals surface area contributed by atoms with Crippen LogP contribution in [0.1, 0.15) is 51.6 Å². The van der Waals surface area contributed by atoms with Crippen molar-refractivity contribution < 1.29 is 19.1 Å². The number of carbonyl (C=O) groups excluding carboxylic acids is 3. The number of halogens is 1. The summed E-state index contributed by atoms with van der Waals surface area (Å²) in [5.41, 5.74) is 0.185. The van der Waals surface area contributed by atoms with Gasteiger partial charge in [-0.3, -0.25) is 14.4 Å². The normalized spacial score (nSPS) is 18.3. The third-order valence-corrected chi connectivity index (χ3v) is 5.26. The maximum Gasteiger partial charge on any atom is 0.307 e. The van der Waals surface area contributed by atoms with Gasteiger partial charge < -0.3 is 15.0 Å². The summed E-state index contributed by atoms with van der Waals surface area (Å²) in [5.74, 6) is -0.886. The van der Waals surface area contributed by atoms with Crippen molar-refractivity contribution in [3.05, 3.63) is 34.9 Å². The first-order valence-electron chi connectivity index (χ1n) is 9.54. The number of nitrogens with zero attached hydrogens (tertiary/aromatic N) is 1. The van der Waals surface area contributed by atoms with Crippen LogP contribution < -0.4 is 5.32 Å². The summed E-state index contributed by atoms with van der Waals surface area (Å²) in [4.78, 5) is 39.1. The lowest BCUT2D eigenvalue weighted by Crippen LogP contribution is -2.49. The molecule has 7 heteroatoms. The molecule has 0 bridgehead atoms. The van der Waals surface area contributed by atoms with Gasteiger partial charge in [0, 0.05) is 23.5 Å². The molecule has 0 aromatic heterocycles. The van der Waals surface area contributed by atoms with Crippen molar-refractivity contribution in [2.24, 2.45) is 11.3 Å². The molecule has 1 fully saturated rings. The van der Waals surface area contributed by atoms with E-state index in [0.717, 1.165) is 6.42 Å². The number of carbonyl (C=O) groups is 3. The number of likely N-dealkylation sites (tertiary alicyclic amines) is 1. The minimum Gasteiger partial charge on any atom is -0.469 e. The van der Waals surface area contributed by atoms with Gasteiger partial charge in [-0.25, -0.2) is 0 Å². The zero-order valence-electron chi connectivity index (χ0n) is 17.0. The van der Waals surface area contributed by atoms with Crippen molar-refractivity contribution in [2.75, 3.05) is 20.2 Å². The Hall–Kier alpha value is -2.08. The van der Waals surface area contributed by atoms with Crippen molar-refractivity contribution in [2.45, 2.75) is 46.1 Å². The Morgan fingerprint density at radius 2 is 1.96 bits per heavy atom. The van der Waals surface area contributed by atoms with Crippen molar-refractivity contribution in [3.8, 4) is 0 Å². The summed E-state index contributed by atoms with van der Waals surface area (Å²) < 4.78 is 4.77. The fraction of sp³-hybridized carbons (Fsp3) is 0.571. The molecule has 2 amide bonds. The van der Waals surface area contributed by atoms with Crippen molar-refractivity contribution in [3.63, 3.8) is 0 Å². The molecule has 1 N–H and O–H groups in total. The number of ether oxygens (including phenoxy) is 1. The number of methoxy groups -OCH3 is 1. The first-order valence-corrected chi connectivity index (χ1v) is 9.92. The van der Waals surface area contributed by atoms with Gasteiger partial charge in [0.1, 0.15) is 0 Å². The van der Waals surface area contributed by atoms with Crippen molar-refractivity contribution >= 4 is 29.4 Å². The van der Waals surface area contributed by atoms with E-state index in [2.05, 4.69) is 5.32 Å².